The van der Waals surface area contributed by atoms with E-state index in [2.05, 4.69) is 177 Å². The Balaban J connectivity index is 0.953. The average Bonchev–Trinajstić information content (AvgIpc) is 3.87. The molecule has 0 bridgehead atoms. The lowest BCUT2D eigenvalue weighted by molar-refractivity contribution is 1.22. The molecule has 0 atom stereocenters. The summed E-state index contributed by atoms with van der Waals surface area (Å²) in [6, 6.07) is 77.9. The minimum absolute atomic E-state index is 0.279. The molecule has 0 aliphatic carbocycles. The topological polar surface area (TPSA) is 81.8 Å². The highest BCUT2D eigenvalue weighted by Crippen LogP contribution is 2.44. The number of aromatic nitrogens is 7. The third-order valence-electron chi connectivity index (χ3n) is 14.4. The molecule has 0 radical (unpaired) electrons. The van der Waals surface area contributed by atoms with Gasteiger partial charge in [0, 0.05) is 51.6 Å². The molecule has 0 saturated heterocycles. The Bertz CT molecular complexity index is 4470. The van der Waals surface area contributed by atoms with Crippen molar-refractivity contribution < 1.29 is 4.11 Å². The molecule has 0 spiro atoms. The molecule has 6 heterocycles. The summed E-state index contributed by atoms with van der Waals surface area (Å²) in [6.07, 6.45) is 8.82. The molecule has 0 fully saturated rings. The van der Waals surface area contributed by atoms with Gasteiger partial charge in [-0.2, -0.15) is 0 Å². The van der Waals surface area contributed by atoms with Crippen molar-refractivity contribution in [2.75, 3.05) is 0 Å². The molecule has 7 nitrogen and oxygen atoms in total. The van der Waals surface area contributed by atoms with Crippen LogP contribution in [0.2, 0.25) is 0 Å². The van der Waals surface area contributed by atoms with E-state index in [0.29, 0.717) is 16.9 Å². The minimum Gasteiger partial charge on any atom is -0.274 e. The molecule has 0 saturated carbocycles. The number of hydrogen-bond donors (Lipinski definition) is 0. The van der Waals surface area contributed by atoms with Crippen LogP contribution in [0.4, 0.5) is 0 Å². The Hall–Kier alpha value is -10.2. The van der Waals surface area contributed by atoms with Crippen LogP contribution in [0.1, 0.15) is 9.68 Å². The lowest BCUT2D eigenvalue weighted by Gasteiger charge is -2.18. The van der Waals surface area contributed by atoms with Gasteiger partial charge in [-0.05, 0) is 139 Å². The molecule has 0 aliphatic heterocycles. The fraction of sp³-hybridized carbons (Fsp3) is 0.0145. The quantitative estimate of drug-likeness (QED) is 0.134. The summed E-state index contributed by atoms with van der Waals surface area (Å²) in [7, 11) is 0. The SMILES string of the molecule is [2H]C([2H])([2H])c1ccc(-c2ccnc3c4ccc(-c5ccccc5-c5cc(-c6ccccc6-c6ccc(-c7ccccn7)cc6)cc(-c6ccccc6-c6ccc(-c7ccccn7)cc6)c5)cc4n4c5nccnc5nc4c23)cc1. The maximum Gasteiger partial charge on any atom is 0.198 e. The van der Waals surface area contributed by atoms with Gasteiger partial charge in [0.2, 0.25) is 0 Å². The van der Waals surface area contributed by atoms with Crippen molar-refractivity contribution in [3.05, 3.63) is 261 Å². The third kappa shape index (κ3) is 7.86. The standard InChI is InChI=1S/C69H45N7/c1-44-20-22-47(23-21-44)60-34-37-72-66-61-33-32-50(43-64(61)76-68(65(60)66)75-67-69(76)74-39-38-73-67)56-14-4-7-17-59(56)53-41-51(57-15-5-2-12-54(57)45-24-28-48(29-25-45)62-18-8-10-35-70-62)40-52(42-53)58-16-6-3-13-55(58)46-26-30-49(31-27-46)63-19-9-11-36-71-63/h2-43H,1H3/i1D3. The van der Waals surface area contributed by atoms with Crippen LogP contribution >= 0.6 is 0 Å². The number of imidazole rings is 1. The molecule has 14 aromatic rings. The smallest absolute Gasteiger partial charge is 0.198 e. The van der Waals surface area contributed by atoms with Crippen LogP contribution in [-0.2, 0) is 0 Å². The first kappa shape index (κ1) is 41.3. The van der Waals surface area contributed by atoms with Crippen LogP contribution in [-0.4, -0.2) is 34.3 Å². The zero-order chi connectivity index (χ0) is 53.0. The Morgan fingerprint density at radius 1 is 0.329 bits per heavy atom. The molecule has 8 aromatic carbocycles. The number of hydrogen-bond acceptors (Lipinski definition) is 6. The first-order chi connectivity index (χ1) is 38.8. The van der Waals surface area contributed by atoms with Gasteiger partial charge in [0.1, 0.15) is 0 Å². The van der Waals surface area contributed by atoms with Crippen molar-refractivity contribution in [2.24, 2.45) is 0 Å². The van der Waals surface area contributed by atoms with Gasteiger partial charge in [0.25, 0.3) is 0 Å². The van der Waals surface area contributed by atoms with Crippen LogP contribution in [0, 0.1) is 6.85 Å². The zero-order valence-electron chi connectivity index (χ0n) is 43.9. The van der Waals surface area contributed by atoms with Crippen LogP contribution in [0.25, 0.3) is 139 Å². The Kier molecular flexibility index (Phi) is 10.1. The molecule has 6 aromatic heterocycles. The maximum absolute atomic E-state index is 7.99. The van der Waals surface area contributed by atoms with Crippen LogP contribution in [0.3, 0.4) is 0 Å². The number of rotatable bonds is 9. The summed E-state index contributed by atoms with van der Waals surface area (Å²) < 4.78 is 26.1. The van der Waals surface area contributed by atoms with E-state index in [1.807, 2.05) is 73.2 Å². The molecule has 14 rings (SSSR count). The molecule has 0 unspecified atom stereocenters. The van der Waals surface area contributed by atoms with E-state index in [4.69, 9.17) is 19.1 Å². The lowest BCUT2D eigenvalue weighted by Crippen LogP contribution is -1.97. The van der Waals surface area contributed by atoms with Gasteiger partial charge >= 0.3 is 0 Å². The van der Waals surface area contributed by atoms with Crippen molar-refractivity contribution in [1.82, 2.24) is 34.3 Å². The predicted octanol–water partition coefficient (Wildman–Crippen LogP) is 17.1. The van der Waals surface area contributed by atoms with Gasteiger partial charge in [-0.3, -0.25) is 19.4 Å². The van der Waals surface area contributed by atoms with Gasteiger partial charge in [-0.1, -0.05) is 175 Å². The molecule has 0 aliphatic rings. The van der Waals surface area contributed by atoms with Crippen LogP contribution in [0.15, 0.2) is 255 Å². The predicted molar refractivity (Wildman–Crippen MR) is 310 cm³/mol. The molecule has 76 heavy (non-hydrogen) atoms. The fourth-order valence-corrected chi connectivity index (χ4v) is 10.8. The van der Waals surface area contributed by atoms with Crippen LogP contribution in [0.5, 0.6) is 0 Å². The molecular formula is C69H45N7. The first-order valence-corrected chi connectivity index (χ1v) is 25.2. The normalized spacial score (nSPS) is 12.2. The summed E-state index contributed by atoms with van der Waals surface area (Å²) in [5.74, 6) is 0. The van der Waals surface area contributed by atoms with Crippen molar-refractivity contribution in [2.45, 2.75) is 6.85 Å². The summed E-state index contributed by atoms with van der Waals surface area (Å²) in [5, 5.41) is 1.73. The van der Waals surface area contributed by atoms with Gasteiger partial charge < -0.3 is 0 Å². The minimum atomic E-state index is -2.22. The Morgan fingerprint density at radius 2 is 0.789 bits per heavy atom. The van der Waals surface area contributed by atoms with E-state index in [1.54, 1.807) is 24.5 Å². The number of aryl methyl sites for hydroxylation is 1. The van der Waals surface area contributed by atoms with Crippen molar-refractivity contribution in [3.63, 3.8) is 0 Å². The van der Waals surface area contributed by atoms with Gasteiger partial charge in [0.05, 0.1) is 27.8 Å². The molecule has 7 heteroatoms. The van der Waals surface area contributed by atoms with Gasteiger partial charge in [-0.25, -0.2) is 15.0 Å². The third-order valence-corrected chi connectivity index (χ3v) is 14.4. The Morgan fingerprint density at radius 3 is 1.32 bits per heavy atom. The fourth-order valence-electron chi connectivity index (χ4n) is 10.8. The number of benzene rings is 8. The monoisotopic (exact) mass is 974 g/mol. The van der Waals surface area contributed by atoms with Crippen LogP contribution < -0.4 is 0 Å². The summed E-state index contributed by atoms with van der Waals surface area (Å²) in [6.45, 7) is -2.22. The van der Waals surface area contributed by atoms with Crippen molar-refractivity contribution in [1.29, 1.82) is 0 Å². The highest BCUT2D eigenvalue weighted by atomic mass is 15.1. The van der Waals surface area contributed by atoms with Crippen molar-refractivity contribution >= 4 is 38.7 Å². The summed E-state index contributed by atoms with van der Waals surface area (Å²) in [4.78, 5) is 28.9. The number of fused-ring (bicyclic) bond motifs is 8. The zero-order valence-corrected chi connectivity index (χ0v) is 40.9. The first-order valence-electron chi connectivity index (χ1n) is 26.7. The average molecular weight is 975 g/mol. The van der Waals surface area contributed by atoms with E-state index in [0.717, 1.165) is 122 Å². The van der Waals surface area contributed by atoms with E-state index in [-0.39, 0.29) is 5.56 Å². The molecule has 356 valence electrons. The second kappa shape index (κ2) is 18.7. The number of pyridine rings is 4. The van der Waals surface area contributed by atoms with E-state index in [9.17, 15) is 0 Å². The lowest BCUT2D eigenvalue weighted by atomic mass is 9.86. The summed E-state index contributed by atoms with van der Waals surface area (Å²) in [5.41, 5.74) is 22.4. The van der Waals surface area contributed by atoms with E-state index >= 15 is 0 Å². The van der Waals surface area contributed by atoms with Crippen molar-refractivity contribution in [3.8, 4) is 100 Å². The number of nitrogens with zero attached hydrogens (tertiary/aromatic N) is 7. The second-order valence-corrected chi connectivity index (χ2v) is 18.9. The maximum atomic E-state index is 7.99. The Labute approximate surface area is 443 Å². The molecular weight excluding hydrogens is 927 g/mol. The van der Waals surface area contributed by atoms with E-state index < -0.39 is 6.85 Å². The summed E-state index contributed by atoms with van der Waals surface area (Å²) >= 11 is 0. The largest absolute Gasteiger partial charge is 0.274 e. The highest BCUT2D eigenvalue weighted by molar-refractivity contribution is 6.17. The molecule has 0 N–H and O–H groups in total. The highest BCUT2D eigenvalue weighted by Gasteiger charge is 2.22. The second-order valence-electron chi connectivity index (χ2n) is 18.9. The van der Waals surface area contributed by atoms with E-state index in [1.165, 1.54) is 0 Å². The van der Waals surface area contributed by atoms with Gasteiger partial charge in [-0.15, -0.1) is 0 Å². The molecule has 0 amide bonds. The van der Waals surface area contributed by atoms with Gasteiger partial charge in [0.15, 0.2) is 16.9 Å².